The molecule has 3 rings (SSSR count). The van der Waals surface area contributed by atoms with Gasteiger partial charge in [0.2, 0.25) is 0 Å². The standard InChI is InChI=1S/C15H16ClN3S/c1-10(15-8-20-9-19-15)17-5-4-11-7-18-14-6-12(16)2-3-13(11)14/h2-3,6-10,17-18H,4-5H2,1H3. The molecule has 0 aliphatic carbocycles. The second-order valence-corrected chi connectivity index (χ2v) is 6.00. The number of hydrogen-bond acceptors (Lipinski definition) is 3. The number of aromatic nitrogens is 2. The maximum absolute atomic E-state index is 5.99. The third kappa shape index (κ3) is 2.87. The van der Waals surface area contributed by atoms with Crippen LogP contribution in [0.15, 0.2) is 35.3 Å². The number of thiazole rings is 1. The summed E-state index contributed by atoms with van der Waals surface area (Å²) in [7, 11) is 0. The minimum atomic E-state index is 0.293. The number of benzene rings is 1. The fourth-order valence-corrected chi connectivity index (χ4v) is 3.15. The normalized spacial score (nSPS) is 12.9. The molecule has 5 heteroatoms. The highest BCUT2D eigenvalue weighted by Gasteiger charge is 2.08. The molecule has 0 spiro atoms. The molecule has 1 unspecified atom stereocenters. The smallest absolute Gasteiger partial charge is 0.0795 e. The van der Waals surface area contributed by atoms with Crippen LogP contribution in [0.1, 0.15) is 24.2 Å². The van der Waals surface area contributed by atoms with Crippen molar-refractivity contribution in [3.05, 3.63) is 51.6 Å². The van der Waals surface area contributed by atoms with Gasteiger partial charge in [0, 0.05) is 33.5 Å². The second kappa shape index (κ2) is 5.95. The first-order valence-corrected chi connectivity index (χ1v) is 7.93. The van der Waals surface area contributed by atoms with Crippen LogP contribution in [0, 0.1) is 0 Å². The Hall–Kier alpha value is -1.36. The van der Waals surface area contributed by atoms with Crippen molar-refractivity contribution in [2.24, 2.45) is 0 Å². The first-order valence-electron chi connectivity index (χ1n) is 6.61. The van der Waals surface area contributed by atoms with Crippen LogP contribution in [0.3, 0.4) is 0 Å². The van der Waals surface area contributed by atoms with Crippen molar-refractivity contribution in [3.63, 3.8) is 0 Å². The predicted octanol–water partition coefficient (Wildman–Crippen LogP) is 4.17. The van der Waals surface area contributed by atoms with Crippen molar-refractivity contribution in [1.29, 1.82) is 0 Å². The Balaban J connectivity index is 1.63. The van der Waals surface area contributed by atoms with Gasteiger partial charge in [0.05, 0.1) is 11.2 Å². The summed E-state index contributed by atoms with van der Waals surface area (Å²) in [5.41, 5.74) is 5.40. The van der Waals surface area contributed by atoms with E-state index in [9.17, 15) is 0 Å². The zero-order chi connectivity index (χ0) is 13.9. The van der Waals surface area contributed by atoms with E-state index in [-0.39, 0.29) is 0 Å². The van der Waals surface area contributed by atoms with E-state index in [4.69, 9.17) is 11.6 Å². The molecule has 2 heterocycles. The van der Waals surface area contributed by atoms with Crippen molar-refractivity contribution in [1.82, 2.24) is 15.3 Å². The maximum atomic E-state index is 5.99. The fraction of sp³-hybridized carbons (Fsp3) is 0.267. The molecule has 0 fully saturated rings. The Morgan fingerprint density at radius 3 is 3.15 bits per heavy atom. The summed E-state index contributed by atoms with van der Waals surface area (Å²) in [6.07, 6.45) is 3.05. The van der Waals surface area contributed by atoms with Crippen LogP contribution in [0.4, 0.5) is 0 Å². The lowest BCUT2D eigenvalue weighted by atomic mass is 10.1. The summed E-state index contributed by atoms with van der Waals surface area (Å²) in [6.45, 7) is 3.07. The van der Waals surface area contributed by atoms with Crippen LogP contribution in [0.2, 0.25) is 5.02 Å². The number of halogens is 1. The first kappa shape index (κ1) is 13.6. The number of rotatable bonds is 5. The molecule has 104 valence electrons. The highest BCUT2D eigenvalue weighted by molar-refractivity contribution is 7.07. The van der Waals surface area contributed by atoms with E-state index >= 15 is 0 Å². The van der Waals surface area contributed by atoms with E-state index < -0.39 is 0 Å². The molecular weight excluding hydrogens is 290 g/mol. The van der Waals surface area contributed by atoms with Crippen LogP contribution in [-0.4, -0.2) is 16.5 Å². The predicted molar refractivity (Wildman–Crippen MR) is 85.5 cm³/mol. The molecule has 2 N–H and O–H groups in total. The van der Waals surface area contributed by atoms with Gasteiger partial charge in [-0.2, -0.15) is 0 Å². The van der Waals surface area contributed by atoms with Gasteiger partial charge in [-0.1, -0.05) is 17.7 Å². The molecule has 0 amide bonds. The zero-order valence-electron chi connectivity index (χ0n) is 11.2. The molecule has 0 aliphatic rings. The SMILES string of the molecule is CC(NCCc1c[nH]c2cc(Cl)ccc12)c1cscn1. The molecule has 0 aliphatic heterocycles. The van der Waals surface area contributed by atoms with Crippen molar-refractivity contribution in [2.75, 3.05) is 6.54 Å². The van der Waals surface area contributed by atoms with E-state index in [1.165, 1.54) is 10.9 Å². The monoisotopic (exact) mass is 305 g/mol. The summed E-state index contributed by atoms with van der Waals surface area (Å²) in [5.74, 6) is 0. The van der Waals surface area contributed by atoms with Crippen LogP contribution >= 0.6 is 22.9 Å². The summed E-state index contributed by atoms with van der Waals surface area (Å²) in [6, 6.07) is 6.27. The quantitative estimate of drug-likeness (QED) is 0.742. The van der Waals surface area contributed by atoms with Crippen molar-refractivity contribution in [3.8, 4) is 0 Å². The molecule has 1 atom stereocenters. The third-order valence-corrected chi connectivity index (χ3v) is 4.31. The number of H-pyrrole nitrogens is 1. The molecule has 0 saturated carbocycles. The van der Waals surface area contributed by atoms with E-state index in [2.05, 4.69) is 39.9 Å². The number of nitrogens with one attached hydrogen (secondary N) is 2. The molecule has 2 aromatic heterocycles. The van der Waals surface area contributed by atoms with Crippen LogP contribution in [-0.2, 0) is 6.42 Å². The van der Waals surface area contributed by atoms with Gasteiger partial charge in [0.15, 0.2) is 0 Å². The first-order chi connectivity index (χ1) is 9.74. The topological polar surface area (TPSA) is 40.7 Å². The van der Waals surface area contributed by atoms with Crippen molar-refractivity contribution >= 4 is 33.8 Å². The van der Waals surface area contributed by atoms with Crippen molar-refractivity contribution < 1.29 is 0 Å². The van der Waals surface area contributed by atoms with Gasteiger partial charge in [0.25, 0.3) is 0 Å². The molecule has 3 nitrogen and oxygen atoms in total. The zero-order valence-corrected chi connectivity index (χ0v) is 12.8. The van der Waals surface area contributed by atoms with Crippen molar-refractivity contribution in [2.45, 2.75) is 19.4 Å². The Morgan fingerprint density at radius 1 is 1.45 bits per heavy atom. The molecule has 0 radical (unpaired) electrons. The Labute approximate surface area is 127 Å². The van der Waals surface area contributed by atoms with Crippen LogP contribution < -0.4 is 5.32 Å². The van der Waals surface area contributed by atoms with Gasteiger partial charge in [-0.3, -0.25) is 0 Å². The largest absolute Gasteiger partial charge is 0.361 e. The molecule has 3 aromatic rings. The molecular formula is C15H16ClN3S. The summed E-state index contributed by atoms with van der Waals surface area (Å²) < 4.78 is 0. The van der Waals surface area contributed by atoms with E-state index in [0.29, 0.717) is 6.04 Å². The van der Waals surface area contributed by atoms with Gasteiger partial charge in [-0.05, 0) is 37.6 Å². The summed E-state index contributed by atoms with van der Waals surface area (Å²) in [5, 5.41) is 7.60. The van der Waals surface area contributed by atoms with Gasteiger partial charge < -0.3 is 10.3 Å². The average Bonchev–Trinajstić information content (AvgIpc) is 3.08. The molecule has 1 aromatic carbocycles. The van der Waals surface area contributed by atoms with E-state index in [1.54, 1.807) is 11.3 Å². The number of fused-ring (bicyclic) bond motifs is 1. The minimum absolute atomic E-state index is 0.293. The highest BCUT2D eigenvalue weighted by Crippen LogP contribution is 2.22. The Kier molecular flexibility index (Phi) is 4.05. The maximum Gasteiger partial charge on any atom is 0.0795 e. The van der Waals surface area contributed by atoms with Gasteiger partial charge in [0.1, 0.15) is 0 Å². The van der Waals surface area contributed by atoms with Gasteiger partial charge >= 0.3 is 0 Å². The molecule has 0 bridgehead atoms. The number of hydrogen-bond donors (Lipinski definition) is 2. The van der Waals surface area contributed by atoms with Gasteiger partial charge in [-0.15, -0.1) is 11.3 Å². The second-order valence-electron chi connectivity index (χ2n) is 4.84. The number of nitrogens with zero attached hydrogens (tertiary/aromatic N) is 1. The number of aromatic amines is 1. The summed E-state index contributed by atoms with van der Waals surface area (Å²) in [4.78, 5) is 7.60. The van der Waals surface area contributed by atoms with Gasteiger partial charge in [-0.25, -0.2) is 4.98 Å². The lowest BCUT2D eigenvalue weighted by Gasteiger charge is -2.10. The van der Waals surface area contributed by atoms with Crippen LogP contribution in [0.5, 0.6) is 0 Å². The average molecular weight is 306 g/mol. The molecule has 20 heavy (non-hydrogen) atoms. The summed E-state index contributed by atoms with van der Waals surface area (Å²) >= 11 is 7.63. The third-order valence-electron chi connectivity index (χ3n) is 3.47. The lowest BCUT2D eigenvalue weighted by Crippen LogP contribution is -2.21. The Morgan fingerprint density at radius 2 is 2.35 bits per heavy atom. The minimum Gasteiger partial charge on any atom is -0.361 e. The fourth-order valence-electron chi connectivity index (χ4n) is 2.33. The molecule has 0 saturated heterocycles. The Bertz CT molecular complexity index is 690. The van der Waals surface area contributed by atoms with Crippen LogP contribution in [0.25, 0.3) is 10.9 Å². The lowest BCUT2D eigenvalue weighted by molar-refractivity contribution is 0.567. The van der Waals surface area contributed by atoms with E-state index in [1.807, 2.05) is 17.6 Å². The highest BCUT2D eigenvalue weighted by atomic mass is 35.5. The van der Waals surface area contributed by atoms with E-state index in [0.717, 1.165) is 29.2 Å².